The van der Waals surface area contributed by atoms with Crippen molar-refractivity contribution < 1.29 is 39.8 Å². The van der Waals surface area contributed by atoms with Gasteiger partial charge in [0.05, 0.1) is 6.61 Å². The predicted molar refractivity (Wildman–Crippen MR) is 67.3 cm³/mol. The van der Waals surface area contributed by atoms with Gasteiger partial charge in [0.15, 0.2) is 0 Å². The molecule has 1 saturated heterocycles. The summed E-state index contributed by atoms with van der Waals surface area (Å²) in [6, 6.07) is 5.61. The lowest BCUT2D eigenvalue weighted by Crippen LogP contribution is -2.59. The van der Waals surface area contributed by atoms with E-state index in [9.17, 15) is 25.2 Å². The van der Waals surface area contributed by atoms with Crippen molar-refractivity contribution in [2.45, 2.75) is 30.7 Å². The molecule has 1 fully saturated rings. The Morgan fingerprint density at radius 2 is 1.81 bits per heavy atom. The molecule has 1 aliphatic heterocycles. The van der Waals surface area contributed by atoms with Crippen LogP contribution >= 0.6 is 0 Å². The maximum Gasteiger partial charge on any atom is 0.344 e. The lowest BCUT2D eigenvalue weighted by molar-refractivity contribution is -0.285. The summed E-state index contributed by atoms with van der Waals surface area (Å²) < 4.78 is 9.90. The Labute approximate surface area is 119 Å². The van der Waals surface area contributed by atoms with Crippen molar-refractivity contribution in [1.82, 2.24) is 0 Å². The molecule has 1 aliphatic rings. The Morgan fingerprint density at radius 1 is 1.14 bits per heavy atom. The third kappa shape index (κ3) is 3.14. The van der Waals surface area contributed by atoms with Crippen molar-refractivity contribution in [3.8, 4) is 5.75 Å². The maximum absolute atomic E-state index is 11.9. The van der Waals surface area contributed by atoms with Crippen LogP contribution in [0.25, 0.3) is 0 Å². The minimum atomic E-state index is -1.68. The van der Waals surface area contributed by atoms with Gasteiger partial charge in [-0.3, -0.25) is 0 Å². The molecule has 0 aliphatic carbocycles. The summed E-state index contributed by atoms with van der Waals surface area (Å²) in [7, 11) is 0. The molecule has 0 saturated carbocycles. The van der Waals surface area contributed by atoms with E-state index in [0.717, 1.165) is 0 Å². The van der Waals surface area contributed by atoms with Crippen LogP contribution in [-0.4, -0.2) is 68.8 Å². The molecule has 0 radical (unpaired) electrons. The molecular weight excluding hydrogens is 284 g/mol. The maximum atomic E-state index is 11.9. The molecule has 1 heterocycles. The van der Waals surface area contributed by atoms with Gasteiger partial charge in [-0.2, -0.15) is 0 Å². The largest absolute Gasteiger partial charge is 0.507 e. The minimum absolute atomic E-state index is 0.144. The van der Waals surface area contributed by atoms with Crippen LogP contribution in [0.4, 0.5) is 0 Å². The van der Waals surface area contributed by atoms with Gasteiger partial charge in [0.2, 0.25) is 6.29 Å². The van der Waals surface area contributed by atoms with Crippen molar-refractivity contribution in [3.63, 3.8) is 0 Å². The monoisotopic (exact) mass is 300 g/mol. The highest BCUT2D eigenvalue weighted by atomic mass is 16.7. The zero-order valence-electron chi connectivity index (χ0n) is 10.9. The fourth-order valence-electron chi connectivity index (χ4n) is 1.98. The van der Waals surface area contributed by atoms with Crippen LogP contribution in [0.1, 0.15) is 10.4 Å². The predicted octanol–water partition coefficient (Wildman–Crippen LogP) is -1.65. The Hall–Kier alpha value is -1.71. The number of esters is 1. The van der Waals surface area contributed by atoms with Gasteiger partial charge < -0.3 is 35.0 Å². The van der Waals surface area contributed by atoms with Crippen molar-refractivity contribution >= 4 is 5.97 Å². The Kier molecular flexibility index (Phi) is 4.76. The molecule has 0 unspecified atom stereocenters. The van der Waals surface area contributed by atoms with Crippen LogP contribution in [0.2, 0.25) is 0 Å². The first-order chi connectivity index (χ1) is 9.95. The van der Waals surface area contributed by atoms with Crippen LogP contribution in [0, 0.1) is 0 Å². The smallest absolute Gasteiger partial charge is 0.344 e. The molecular formula is C13H16O8. The van der Waals surface area contributed by atoms with E-state index in [1.54, 1.807) is 0 Å². The normalized spacial score (nSPS) is 32.7. The molecule has 5 atom stereocenters. The van der Waals surface area contributed by atoms with Gasteiger partial charge in [-0.05, 0) is 12.1 Å². The van der Waals surface area contributed by atoms with Gasteiger partial charge in [0, 0.05) is 0 Å². The lowest BCUT2D eigenvalue weighted by Gasteiger charge is -2.39. The summed E-state index contributed by atoms with van der Waals surface area (Å²) >= 11 is 0. The third-order valence-corrected chi connectivity index (χ3v) is 3.20. The molecule has 116 valence electrons. The van der Waals surface area contributed by atoms with Crippen molar-refractivity contribution in [3.05, 3.63) is 29.8 Å². The van der Waals surface area contributed by atoms with Crippen LogP contribution < -0.4 is 0 Å². The molecule has 0 bridgehead atoms. The van der Waals surface area contributed by atoms with E-state index in [-0.39, 0.29) is 11.3 Å². The number of hydrogen-bond donors (Lipinski definition) is 5. The Morgan fingerprint density at radius 3 is 2.43 bits per heavy atom. The number of aromatic hydroxyl groups is 1. The van der Waals surface area contributed by atoms with Crippen molar-refractivity contribution in [2.75, 3.05) is 6.61 Å². The summed E-state index contributed by atoms with van der Waals surface area (Å²) in [5, 5.41) is 47.5. The van der Waals surface area contributed by atoms with E-state index in [1.165, 1.54) is 24.3 Å². The van der Waals surface area contributed by atoms with E-state index in [1.807, 2.05) is 0 Å². The van der Waals surface area contributed by atoms with Crippen molar-refractivity contribution in [2.24, 2.45) is 0 Å². The fraction of sp³-hybridized carbons (Fsp3) is 0.462. The zero-order chi connectivity index (χ0) is 15.6. The number of aliphatic hydroxyl groups excluding tert-OH is 4. The summed E-state index contributed by atoms with van der Waals surface area (Å²) in [5.74, 6) is -1.29. The average Bonchev–Trinajstić information content (AvgIpc) is 2.48. The van der Waals surface area contributed by atoms with E-state index < -0.39 is 43.3 Å². The molecule has 1 aromatic carbocycles. The zero-order valence-corrected chi connectivity index (χ0v) is 10.9. The van der Waals surface area contributed by atoms with E-state index in [0.29, 0.717) is 0 Å². The number of para-hydroxylation sites is 1. The number of rotatable bonds is 3. The second kappa shape index (κ2) is 6.37. The fourth-order valence-corrected chi connectivity index (χ4v) is 1.98. The van der Waals surface area contributed by atoms with Gasteiger partial charge in [0.25, 0.3) is 0 Å². The molecule has 0 amide bonds. The molecule has 0 spiro atoms. The van der Waals surface area contributed by atoms with Gasteiger partial charge >= 0.3 is 5.97 Å². The minimum Gasteiger partial charge on any atom is -0.507 e. The molecule has 5 N–H and O–H groups in total. The number of phenols is 1. The summed E-state index contributed by atoms with van der Waals surface area (Å²) in [6.45, 7) is -0.629. The Bertz CT molecular complexity index is 503. The third-order valence-electron chi connectivity index (χ3n) is 3.20. The van der Waals surface area contributed by atoms with Crippen LogP contribution in [0.3, 0.4) is 0 Å². The topological polar surface area (TPSA) is 137 Å². The van der Waals surface area contributed by atoms with Crippen LogP contribution in [-0.2, 0) is 9.47 Å². The highest BCUT2D eigenvalue weighted by molar-refractivity contribution is 5.92. The highest BCUT2D eigenvalue weighted by Gasteiger charge is 2.45. The molecule has 8 nitrogen and oxygen atoms in total. The summed E-state index contributed by atoms with van der Waals surface area (Å²) in [4.78, 5) is 11.9. The van der Waals surface area contributed by atoms with Crippen LogP contribution in [0.5, 0.6) is 5.75 Å². The number of carbonyl (C=O) groups excluding carboxylic acids is 1. The second-order valence-electron chi connectivity index (χ2n) is 4.62. The van der Waals surface area contributed by atoms with Crippen LogP contribution in [0.15, 0.2) is 24.3 Å². The number of ether oxygens (including phenoxy) is 2. The van der Waals surface area contributed by atoms with E-state index in [2.05, 4.69) is 0 Å². The number of carbonyl (C=O) groups is 1. The van der Waals surface area contributed by atoms with E-state index in [4.69, 9.17) is 14.6 Å². The number of phenolic OH excluding ortho intramolecular Hbond substituents is 1. The standard InChI is InChI=1S/C13H16O8/c14-5-8-9(16)10(17)11(18)13(20-8)21-12(19)6-3-1-2-4-7(6)15/h1-4,8-11,13-18H,5H2/t8-,9-,10+,11-,13+/m1/s1. The van der Waals surface area contributed by atoms with E-state index >= 15 is 0 Å². The SMILES string of the molecule is O=C(O[C@@H]1O[C@H](CO)[C@@H](O)[C@H](O)[C@H]1O)c1ccccc1O. The lowest BCUT2D eigenvalue weighted by atomic mass is 9.99. The van der Waals surface area contributed by atoms with Gasteiger partial charge in [-0.25, -0.2) is 4.79 Å². The number of aliphatic hydroxyl groups is 4. The molecule has 2 rings (SSSR count). The first-order valence-electron chi connectivity index (χ1n) is 6.25. The quantitative estimate of drug-likeness (QED) is 0.419. The number of hydrogen-bond acceptors (Lipinski definition) is 8. The van der Waals surface area contributed by atoms with Gasteiger partial charge in [-0.1, -0.05) is 12.1 Å². The summed E-state index contributed by atoms with van der Waals surface area (Å²) in [6.07, 6.45) is -7.61. The summed E-state index contributed by atoms with van der Waals surface area (Å²) in [5.41, 5.74) is -0.144. The number of benzene rings is 1. The molecule has 1 aromatic rings. The van der Waals surface area contributed by atoms with Gasteiger partial charge in [0.1, 0.15) is 35.7 Å². The Balaban J connectivity index is 2.11. The second-order valence-corrected chi connectivity index (χ2v) is 4.62. The highest BCUT2D eigenvalue weighted by Crippen LogP contribution is 2.24. The first-order valence-corrected chi connectivity index (χ1v) is 6.25. The molecule has 0 aromatic heterocycles. The van der Waals surface area contributed by atoms with Crippen molar-refractivity contribution in [1.29, 1.82) is 0 Å². The molecule has 8 heteroatoms. The average molecular weight is 300 g/mol. The van der Waals surface area contributed by atoms with Gasteiger partial charge in [-0.15, -0.1) is 0 Å². The first kappa shape index (κ1) is 15.7. The molecule has 21 heavy (non-hydrogen) atoms.